The molecule has 178 valence electrons. The molecule has 1 aliphatic carbocycles. The summed E-state index contributed by atoms with van der Waals surface area (Å²) in [5.74, 6) is 0.961. The summed E-state index contributed by atoms with van der Waals surface area (Å²) in [5, 5.41) is 13.5. The van der Waals surface area contributed by atoms with Crippen LogP contribution in [0.5, 0.6) is 0 Å². The summed E-state index contributed by atoms with van der Waals surface area (Å²) in [6.45, 7) is 7.12. The number of anilines is 1. The van der Waals surface area contributed by atoms with Gasteiger partial charge in [-0.15, -0.1) is 0 Å². The number of fused-ring (bicyclic) bond motifs is 1. The Morgan fingerprint density at radius 2 is 2.00 bits per heavy atom. The SMILES string of the molecule is Cc1cc([C@@H](C)Nc2ccccc2C(=O)O)c2nc([C@H]3CCN(CC4CC4)C3)n(C)c(=O)c2c1. The zero-order chi connectivity index (χ0) is 24.0. The fourth-order valence-electron chi connectivity index (χ4n) is 5.25. The number of carboxylic acid groups (broad SMARTS) is 1. The number of aromatic nitrogens is 2. The Labute approximate surface area is 199 Å². The van der Waals surface area contributed by atoms with Crippen LogP contribution in [0.3, 0.4) is 0 Å². The summed E-state index contributed by atoms with van der Waals surface area (Å²) in [7, 11) is 1.83. The van der Waals surface area contributed by atoms with E-state index in [1.807, 2.05) is 39.1 Å². The van der Waals surface area contributed by atoms with E-state index in [-0.39, 0.29) is 23.1 Å². The van der Waals surface area contributed by atoms with Gasteiger partial charge in [-0.25, -0.2) is 9.78 Å². The molecule has 2 N–H and O–H groups in total. The van der Waals surface area contributed by atoms with E-state index in [1.54, 1.807) is 22.8 Å². The number of para-hydroxylation sites is 1. The van der Waals surface area contributed by atoms with Gasteiger partial charge in [0.2, 0.25) is 0 Å². The number of carbonyl (C=O) groups is 1. The van der Waals surface area contributed by atoms with Crippen LogP contribution in [0.15, 0.2) is 41.2 Å². The summed E-state index contributed by atoms with van der Waals surface area (Å²) < 4.78 is 1.73. The Morgan fingerprint density at radius 1 is 1.24 bits per heavy atom. The van der Waals surface area contributed by atoms with Gasteiger partial charge in [0.1, 0.15) is 5.82 Å². The maximum atomic E-state index is 13.4. The number of rotatable bonds is 7. The number of hydrogen-bond donors (Lipinski definition) is 2. The molecule has 1 aliphatic heterocycles. The molecule has 0 unspecified atom stereocenters. The topological polar surface area (TPSA) is 87.5 Å². The van der Waals surface area contributed by atoms with Crippen molar-refractivity contribution in [1.82, 2.24) is 14.5 Å². The third kappa shape index (κ3) is 4.32. The van der Waals surface area contributed by atoms with Crippen LogP contribution in [0, 0.1) is 12.8 Å². The van der Waals surface area contributed by atoms with Crippen LogP contribution in [-0.4, -0.2) is 45.2 Å². The van der Waals surface area contributed by atoms with Gasteiger partial charge < -0.3 is 15.3 Å². The lowest BCUT2D eigenvalue weighted by atomic mass is 9.99. The average Bonchev–Trinajstić information content (AvgIpc) is 3.51. The lowest BCUT2D eigenvalue weighted by molar-refractivity contribution is 0.0698. The van der Waals surface area contributed by atoms with Crippen molar-refractivity contribution >= 4 is 22.6 Å². The first-order chi connectivity index (χ1) is 16.3. The molecule has 0 amide bonds. The van der Waals surface area contributed by atoms with Gasteiger partial charge in [0, 0.05) is 37.3 Å². The second-order valence-electron chi connectivity index (χ2n) is 9.99. The van der Waals surface area contributed by atoms with Crippen LogP contribution in [0.2, 0.25) is 0 Å². The molecule has 34 heavy (non-hydrogen) atoms. The van der Waals surface area contributed by atoms with Gasteiger partial charge in [0.05, 0.1) is 22.5 Å². The van der Waals surface area contributed by atoms with E-state index >= 15 is 0 Å². The molecule has 0 spiro atoms. The van der Waals surface area contributed by atoms with E-state index in [0.717, 1.165) is 48.9 Å². The highest BCUT2D eigenvalue weighted by Gasteiger charge is 2.32. The summed E-state index contributed by atoms with van der Waals surface area (Å²) in [6, 6.07) is 10.6. The van der Waals surface area contributed by atoms with E-state index in [0.29, 0.717) is 16.6 Å². The number of carboxylic acids is 1. The molecule has 1 saturated carbocycles. The molecule has 7 nitrogen and oxygen atoms in total. The lowest BCUT2D eigenvalue weighted by Gasteiger charge is -2.21. The van der Waals surface area contributed by atoms with Crippen molar-refractivity contribution in [2.75, 3.05) is 25.0 Å². The van der Waals surface area contributed by atoms with Crippen LogP contribution in [0.4, 0.5) is 5.69 Å². The smallest absolute Gasteiger partial charge is 0.337 e. The van der Waals surface area contributed by atoms with Gasteiger partial charge in [-0.2, -0.15) is 0 Å². The minimum atomic E-state index is -0.976. The molecule has 0 bridgehead atoms. The molecule has 2 fully saturated rings. The van der Waals surface area contributed by atoms with Crippen LogP contribution < -0.4 is 10.9 Å². The molecule has 0 radical (unpaired) electrons. The molecule has 1 aromatic heterocycles. The van der Waals surface area contributed by atoms with Crippen molar-refractivity contribution in [3.63, 3.8) is 0 Å². The summed E-state index contributed by atoms with van der Waals surface area (Å²) in [6.07, 6.45) is 3.69. The highest BCUT2D eigenvalue weighted by atomic mass is 16.4. The van der Waals surface area contributed by atoms with Gasteiger partial charge in [-0.1, -0.05) is 18.2 Å². The van der Waals surface area contributed by atoms with Crippen molar-refractivity contribution in [1.29, 1.82) is 0 Å². The van der Waals surface area contributed by atoms with Crippen LogP contribution >= 0.6 is 0 Å². The van der Waals surface area contributed by atoms with Gasteiger partial charge >= 0.3 is 5.97 Å². The monoisotopic (exact) mass is 460 g/mol. The van der Waals surface area contributed by atoms with E-state index in [2.05, 4.69) is 10.2 Å². The highest BCUT2D eigenvalue weighted by molar-refractivity contribution is 5.94. The second kappa shape index (κ2) is 8.87. The molecule has 3 aromatic rings. The van der Waals surface area contributed by atoms with Crippen LogP contribution in [-0.2, 0) is 7.05 Å². The highest BCUT2D eigenvalue weighted by Crippen LogP contribution is 2.34. The summed E-state index contributed by atoms with van der Waals surface area (Å²) in [4.78, 5) is 32.7. The van der Waals surface area contributed by atoms with E-state index in [1.165, 1.54) is 12.8 Å². The molecule has 2 atom stereocenters. The van der Waals surface area contributed by atoms with E-state index in [9.17, 15) is 14.7 Å². The number of aromatic carboxylic acids is 1. The van der Waals surface area contributed by atoms with Gasteiger partial charge in [-0.3, -0.25) is 9.36 Å². The molecule has 5 rings (SSSR count). The van der Waals surface area contributed by atoms with Crippen LogP contribution in [0.25, 0.3) is 10.9 Å². The molecule has 7 heteroatoms. The Morgan fingerprint density at radius 3 is 2.74 bits per heavy atom. The minimum absolute atomic E-state index is 0.0243. The van der Waals surface area contributed by atoms with Crippen molar-refractivity contribution < 1.29 is 9.90 Å². The zero-order valence-corrected chi connectivity index (χ0v) is 20.0. The molecule has 2 aromatic carbocycles. The Bertz CT molecular complexity index is 1310. The zero-order valence-electron chi connectivity index (χ0n) is 20.0. The van der Waals surface area contributed by atoms with Gasteiger partial charge in [0.15, 0.2) is 0 Å². The second-order valence-corrected chi connectivity index (χ2v) is 9.99. The fourth-order valence-corrected chi connectivity index (χ4v) is 5.25. The predicted molar refractivity (Wildman–Crippen MR) is 134 cm³/mol. The first-order valence-corrected chi connectivity index (χ1v) is 12.1. The Hall–Kier alpha value is -3.19. The predicted octanol–water partition coefficient (Wildman–Crippen LogP) is 4.31. The Balaban J connectivity index is 1.53. The van der Waals surface area contributed by atoms with E-state index < -0.39 is 5.97 Å². The van der Waals surface area contributed by atoms with Crippen molar-refractivity contribution in [2.24, 2.45) is 13.0 Å². The summed E-state index contributed by atoms with van der Waals surface area (Å²) >= 11 is 0. The number of nitrogens with one attached hydrogen (secondary N) is 1. The normalized spacial score (nSPS) is 19.4. The first kappa shape index (κ1) is 22.6. The van der Waals surface area contributed by atoms with Gasteiger partial charge in [-0.05, 0) is 69.3 Å². The summed E-state index contributed by atoms with van der Waals surface area (Å²) in [5.41, 5.74) is 3.33. The quantitative estimate of drug-likeness (QED) is 0.546. The standard InChI is InChI=1S/C27H32N4O3/c1-16-12-21(17(2)28-23-7-5-4-6-20(23)27(33)34)24-22(13-16)26(32)30(3)25(29-24)19-10-11-31(15-19)14-18-8-9-18/h4-7,12-13,17-19,28H,8-11,14-15H2,1-3H3,(H,33,34)/t17-,19+/m1/s1. The van der Waals surface area contributed by atoms with Crippen LogP contribution in [0.1, 0.15) is 65.5 Å². The molecular weight excluding hydrogens is 428 g/mol. The average molecular weight is 461 g/mol. The first-order valence-electron chi connectivity index (χ1n) is 12.1. The van der Waals surface area contributed by atoms with Gasteiger partial charge in [0.25, 0.3) is 5.56 Å². The molecule has 2 heterocycles. The minimum Gasteiger partial charge on any atom is -0.478 e. The number of likely N-dealkylation sites (tertiary alicyclic amines) is 1. The fraction of sp³-hybridized carbons (Fsp3) is 0.444. The molecular formula is C27H32N4O3. The molecule has 2 aliphatic rings. The molecule has 1 saturated heterocycles. The van der Waals surface area contributed by atoms with E-state index in [4.69, 9.17) is 4.98 Å². The third-order valence-electron chi connectivity index (χ3n) is 7.24. The maximum Gasteiger partial charge on any atom is 0.337 e. The largest absolute Gasteiger partial charge is 0.478 e. The maximum absolute atomic E-state index is 13.4. The van der Waals surface area contributed by atoms with Crippen molar-refractivity contribution in [2.45, 2.75) is 45.1 Å². The number of hydrogen-bond acceptors (Lipinski definition) is 5. The number of nitrogens with zero attached hydrogens (tertiary/aromatic N) is 3. The number of benzene rings is 2. The lowest BCUT2D eigenvalue weighted by Crippen LogP contribution is -2.27. The number of aryl methyl sites for hydroxylation is 1. The van der Waals surface area contributed by atoms with Crippen molar-refractivity contribution in [3.8, 4) is 0 Å². The van der Waals surface area contributed by atoms with Crippen molar-refractivity contribution in [3.05, 3.63) is 69.3 Å². The Kier molecular flexibility index (Phi) is 5.90. The third-order valence-corrected chi connectivity index (χ3v) is 7.24.